The zero-order chi connectivity index (χ0) is 19.6. The normalized spacial score (nSPS) is 19.2. The van der Waals surface area contributed by atoms with E-state index >= 15 is 0 Å². The predicted octanol–water partition coefficient (Wildman–Crippen LogP) is 4.24. The largest absolute Gasteiger partial charge is 0.489 e. The molecule has 0 aromatic heterocycles. The molecule has 5 nitrogen and oxygen atoms in total. The molecule has 0 amide bonds. The van der Waals surface area contributed by atoms with E-state index in [1.54, 1.807) is 0 Å². The zero-order valence-electron chi connectivity index (χ0n) is 17.0. The van der Waals surface area contributed by atoms with Gasteiger partial charge in [0.15, 0.2) is 5.96 Å². The van der Waals surface area contributed by atoms with Crippen molar-refractivity contribution in [2.45, 2.75) is 57.9 Å². The monoisotopic (exact) mass is 509 g/mol. The van der Waals surface area contributed by atoms with Crippen molar-refractivity contribution in [3.05, 3.63) is 65.7 Å². The molecule has 1 saturated carbocycles. The van der Waals surface area contributed by atoms with E-state index in [1.807, 2.05) is 30.3 Å². The van der Waals surface area contributed by atoms with E-state index in [9.17, 15) is 5.11 Å². The molecule has 1 fully saturated rings. The van der Waals surface area contributed by atoms with Crippen molar-refractivity contribution < 1.29 is 9.84 Å². The van der Waals surface area contributed by atoms with Gasteiger partial charge in [-0.15, -0.1) is 24.0 Å². The van der Waals surface area contributed by atoms with Crippen LogP contribution in [0.25, 0.3) is 0 Å². The highest BCUT2D eigenvalue weighted by Crippen LogP contribution is 2.18. The lowest BCUT2D eigenvalue weighted by Crippen LogP contribution is -2.45. The van der Waals surface area contributed by atoms with Crippen molar-refractivity contribution in [2.75, 3.05) is 6.54 Å². The lowest BCUT2D eigenvalue weighted by atomic mass is 9.93. The topological polar surface area (TPSA) is 65.9 Å². The van der Waals surface area contributed by atoms with Crippen LogP contribution in [0.5, 0.6) is 5.75 Å². The van der Waals surface area contributed by atoms with Crippen LogP contribution in [0.1, 0.15) is 43.7 Å². The molecular weight excluding hydrogens is 477 g/mol. The maximum Gasteiger partial charge on any atom is 0.191 e. The van der Waals surface area contributed by atoms with Gasteiger partial charge in [-0.3, -0.25) is 0 Å². The van der Waals surface area contributed by atoms with E-state index in [2.05, 4.69) is 41.8 Å². The maximum atomic E-state index is 9.66. The Morgan fingerprint density at radius 1 is 1.00 bits per heavy atom. The molecule has 3 N–H and O–H groups in total. The number of halogens is 1. The minimum absolute atomic E-state index is 0. The van der Waals surface area contributed by atoms with Gasteiger partial charge < -0.3 is 20.5 Å². The van der Waals surface area contributed by atoms with Gasteiger partial charge in [-0.2, -0.15) is 0 Å². The number of aliphatic hydroxyl groups is 1. The van der Waals surface area contributed by atoms with Gasteiger partial charge >= 0.3 is 0 Å². The summed E-state index contributed by atoms with van der Waals surface area (Å²) in [6.45, 7) is 4.09. The summed E-state index contributed by atoms with van der Waals surface area (Å²) in [6, 6.07) is 18.6. The molecule has 2 aromatic carbocycles. The molecule has 0 atom stereocenters. The van der Waals surface area contributed by atoms with Gasteiger partial charge in [-0.25, -0.2) is 4.99 Å². The van der Waals surface area contributed by atoms with Crippen LogP contribution >= 0.6 is 24.0 Å². The highest BCUT2D eigenvalue weighted by molar-refractivity contribution is 14.0. The molecule has 158 valence electrons. The third-order valence-corrected chi connectivity index (χ3v) is 4.97. The number of benzene rings is 2. The van der Waals surface area contributed by atoms with Gasteiger partial charge in [-0.1, -0.05) is 42.5 Å². The van der Waals surface area contributed by atoms with Gasteiger partial charge in [0.1, 0.15) is 12.4 Å². The van der Waals surface area contributed by atoms with Crippen molar-refractivity contribution >= 4 is 29.9 Å². The Bertz CT molecular complexity index is 730. The van der Waals surface area contributed by atoms with Crippen molar-refractivity contribution in [1.29, 1.82) is 0 Å². The Hall–Kier alpha value is -1.80. The number of rotatable bonds is 7. The molecule has 0 unspecified atom stereocenters. The first-order chi connectivity index (χ1) is 13.7. The molecule has 1 aliphatic rings. The lowest BCUT2D eigenvalue weighted by molar-refractivity contribution is 0.120. The van der Waals surface area contributed by atoms with Crippen molar-refractivity contribution in [3.63, 3.8) is 0 Å². The second-order valence-corrected chi connectivity index (χ2v) is 7.26. The van der Waals surface area contributed by atoms with Crippen LogP contribution in [0.4, 0.5) is 0 Å². The number of aliphatic hydroxyl groups excluding tert-OH is 1. The Morgan fingerprint density at radius 3 is 2.31 bits per heavy atom. The smallest absolute Gasteiger partial charge is 0.191 e. The SMILES string of the molecule is CCNC(=NCc1ccc(COc2ccccc2)cc1)NC1CCC(O)CC1.I. The van der Waals surface area contributed by atoms with Crippen LogP contribution in [0, 0.1) is 0 Å². The van der Waals surface area contributed by atoms with Crippen molar-refractivity contribution in [1.82, 2.24) is 10.6 Å². The van der Waals surface area contributed by atoms with E-state index in [1.165, 1.54) is 5.56 Å². The van der Waals surface area contributed by atoms with Crippen molar-refractivity contribution in [2.24, 2.45) is 4.99 Å². The molecular formula is C23H32IN3O2. The van der Waals surface area contributed by atoms with Crippen LogP contribution in [-0.2, 0) is 13.2 Å². The fourth-order valence-corrected chi connectivity index (χ4v) is 3.33. The average Bonchev–Trinajstić information content (AvgIpc) is 2.74. The molecule has 3 rings (SSSR count). The molecule has 29 heavy (non-hydrogen) atoms. The molecule has 0 bridgehead atoms. The number of nitrogens with zero attached hydrogens (tertiary/aromatic N) is 1. The quantitative estimate of drug-likeness (QED) is 0.297. The van der Waals surface area contributed by atoms with Gasteiger partial charge in [-0.05, 0) is 55.9 Å². The predicted molar refractivity (Wildman–Crippen MR) is 129 cm³/mol. The summed E-state index contributed by atoms with van der Waals surface area (Å²) >= 11 is 0. The summed E-state index contributed by atoms with van der Waals surface area (Å²) in [4.78, 5) is 4.72. The highest BCUT2D eigenvalue weighted by atomic mass is 127. The first-order valence-electron chi connectivity index (χ1n) is 10.2. The highest BCUT2D eigenvalue weighted by Gasteiger charge is 2.19. The second-order valence-electron chi connectivity index (χ2n) is 7.26. The fourth-order valence-electron chi connectivity index (χ4n) is 3.33. The number of hydrogen-bond acceptors (Lipinski definition) is 3. The van der Waals surface area contributed by atoms with Gasteiger partial charge in [0.25, 0.3) is 0 Å². The van der Waals surface area contributed by atoms with E-state index < -0.39 is 0 Å². The van der Waals surface area contributed by atoms with Gasteiger partial charge in [0.2, 0.25) is 0 Å². The third kappa shape index (κ3) is 8.22. The average molecular weight is 509 g/mol. The van der Waals surface area contributed by atoms with Crippen LogP contribution in [-0.4, -0.2) is 29.8 Å². The Kier molecular flexibility index (Phi) is 10.3. The van der Waals surface area contributed by atoms with Crippen LogP contribution in [0.3, 0.4) is 0 Å². The molecule has 0 radical (unpaired) electrons. The Labute approximate surface area is 191 Å². The summed E-state index contributed by atoms with van der Waals surface area (Å²) in [5.41, 5.74) is 2.31. The van der Waals surface area contributed by atoms with Crippen LogP contribution in [0.15, 0.2) is 59.6 Å². The van der Waals surface area contributed by atoms with E-state index in [0.29, 0.717) is 19.2 Å². The third-order valence-electron chi connectivity index (χ3n) is 4.97. The molecule has 0 heterocycles. The minimum Gasteiger partial charge on any atom is -0.489 e. The van der Waals surface area contributed by atoms with Gasteiger partial charge in [0.05, 0.1) is 12.6 Å². The summed E-state index contributed by atoms with van der Waals surface area (Å²) in [6.07, 6.45) is 3.57. The Morgan fingerprint density at radius 2 is 1.66 bits per heavy atom. The van der Waals surface area contributed by atoms with Gasteiger partial charge in [0, 0.05) is 12.6 Å². The summed E-state index contributed by atoms with van der Waals surface area (Å²) in [7, 11) is 0. The van der Waals surface area contributed by atoms with Crippen LogP contribution in [0.2, 0.25) is 0 Å². The minimum atomic E-state index is -0.137. The number of guanidine groups is 1. The maximum absolute atomic E-state index is 9.66. The van der Waals surface area contributed by atoms with Crippen molar-refractivity contribution in [3.8, 4) is 5.75 Å². The number of para-hydroxylation sites is 1. The fraction of sp³-hybridized carbons (Fsp3) is 0.435. The number of nitrogens with one attached hydrogen (secondary N) is 2. The molecule has 0 saturated heterocycles. The first-order valence-corrected chi connectivity index (χ1v) is 10.2. The summed E-state index contributed by atoms with van der Waals surface area (Å²) in [5, 5.41) is 16.5. The number of hydrogen-bond donors (Lipinski definition) is 3. The molecule has 6 heteroatoms. The standard InChI is InChI=1S/C23H31N3O2.HI/c1-2-24-23(26-20-12-14-21(27)15-13-20)25-16-18-8-10-19(11-9-18)17-28-22-6-4-3-5-7-22;/h3-11,20-21,27H,2,12-17H2,1H3,(H2,24,25,26);1H. The molecule has 0 aliphatic heterocycles. The van der Waals surface area contributed by atoms with E-state index in [0.717, 1.165) is 49.5 Å². The second kappa shape index (κ2) is 12.7. The van der Waals surface area contributed by atoms with E-state index in [4.69, 9.17) is 9.73 Å². The van der Waals surface area contributed by atoms with E-state index in [-0.39, 0.29) is 30.1 Å². The Balaban J connectivity index is 0.00000300. The van der Waals surface area contributed by atoms with Crippen LogP contribution < -0.4 is 15.4 Å². The molecule has 0 spiro atoms. The molecule has 2 aromatic rings. The number of aliphatic imine (C=N–C) groups is 1. The number of ether oxygens (including phenoxy) is 1. The lowest BCUT2D eigenvalue weighted by Gasteiger charge is -2.27. The summed E-state index contributed by atoms with van der Waals surface area (Å²) in [5.74, 6) is 1.73. The molecule has 1 aliphatic carbocycles. The summed E-state index contributed by atoms with van der Waals surface area (Å²) < 4.78 is 5.79. The first kappa shape index (κ1) is 23.5. The zero-order valence-corrected chi connectivity index (χ0v) is 19.3.